The van der Waals surface area contributed by atoms with Crippen LogP contribution in [0, 0.1) is 5.41 Å². The number of aliphatic hydroxyl groups is 1. The summed E-state index contributed by atoms with van der Waals surface area (Å²) >= 11 is 0. The number of ether oxygens (including phenoxy) is 1. The Morgan fingerprint density at radius 1 is 1.13 bits per heavy atom. The normalized spacial score (nSPS) is 30.2. The first-order valence-corrected chi connectivity index (χ1v) is 13.0. The van der Waals surface area contributed by atoms with E-state index in [0.717, 1.165) is 63.7 Å². The van der Waals surface area contributed by atoms with Gasteiger partial charge in [-0.25, -0.2) is 12.7 Å². The second-order valence-corrected chi connectivity index (χ2v) is 11.6. The number of sulfonamides is 1. The van der Waals surface area contributed by atoms with E-state index in [9.17, 15) is 13.5 Å². The van der Waals surface area contributed by atoms with E-state index in [1.54, 1.807) is 4.31 Å². The summed E-state index contributed by atoms with van der Waals surface area (Å²) in [6.45, 7) is 2.88. The summed E-state index contributed by atoms with van der Waals surface area (Å²) in [7, 11) is -1.09. The lowest BCUT2D eigenvalue weighted by atomic mass is 9.77. The molecule has 168 valence electrons. The molecule has 1 aromatic rings. The standard InChI is InChI=1S/C23H36N2O4S/c1-24(20-7-9-21(26)10-8-20)16-22-15-23(18-29-22)11-13-25(14-12-23)30(27,28)17-19-5-3-2-4-6-19/h2-6,20-22,26H,7-18H2,1H3/t20?,21?,22-/m1/s1. The lowest BCUT2D eigenvalue weighted by Crippen LogP contribution is -2.44. The third kappa shape index (κ3) is 5.25. The Morgan fingerprint density at radius 3 is 2.47 bits per heavy atom. The molecule has 0 radical (unpaired) electrons. The third-order valence-corrected chi connectivity index (χ3v) is 9.29. The van der Waals surface area contributed by atoms with Crippen molar-refractivity contribution in [1.82, 2.24) is 9.21 Å². The summed E-state index contributed by atoms with van der Waals surface area (Å²) in [5.41, 5.74) is 0.979. The van der Waals surface area contributed by atoms with Gasteiger partial charge in [0.15, 0.2) is 0 Å². The van der Waals surface area contributed by atoms with Crippen LogP contribution in [0.3, 0.4) is 0 Å². The van der Waals surface area contributed by atoms with Crippen LogP contribution in [-0.4, -0.2) is 74.3 Å². The van der Waals surface area contributed by atoms with E-state index >= 15 is 0 Å². The second kappa shape index (κ2) is 9.25. The molecule has 1 N–H and O–H groups in total. The molecule has 1 aliphatic carbocycles. The predicted octanol–water partition coefficient (Wildman–Crippen LogP) is 2.62. The van der Waals surface area contributed by atoms with Crippen LogP contribution in [0.4, 0.5) is 0 Å². The average molecular weight is 437 g/mol. The zero-order valence-corrected chi connectivity index (χ0v) is 18.9. The number of likely N-dealkylation sites (N-methyl/N-ethyl adjacent to an activating group) is 1. The van der Waals surface area contributed by atoms with Crippen molar-refractivity contribution in [2.24, 2.45) is 5.41 Å². The minimum Gasteiger partial charge on any atom is -0.393 e. The van der Waals surface area contributed by atoms with Crippen LogP contribution < -0.4 is 0 Å². The van der Waals surface area contributed by atoms with Crippen molar-refractivity contribution in [3.63, 3.8) is 0 Å². The molecule has 4 rings (SSSR count). The summed E-state index contributed by atoms with van der Waals surface area (Å²) < 4.78 is 33.5. The maximum atomic E-state index is 12.8. The lowest BCUT2D eigenvalue weighted by molar-refractivity contribution is 0.0372. The maximum absolute atomic E-state index is 12.8. The first kappa shape index (κ1) is 22.2. The Labute approximate surface area is 181 Å². The average Bonchev–Trinajstić information content (AvgIpc) is 3.11. The van der Waals surface area contributed by atoms with Gasteiger partial charge in [-0.1, -0.05) is 30.3 Å². The van der Waals surface area contributed by atoms with E-state index in [1.807, 2.05) is 30.3 Å². The van der Waals surface area contributed by atoms with Crippen molar-refractivity contribution >= 4 is 10.0 Å². The van der Waals surface area contributed by atoms with Crippen molar-refractivity contribution in [3.05, 3.63) is 35.9 Å². The molecule has 1 spiro atoms. The summed E-state index contributed by atoms with van der Waals surface area (Å²) in [4.78, 5) is 2.41. The molecule has 2 aliphatic heterocycles. The smallest absolute Gasteiger partial charge is 0.218 e. The van der Waals surface area contributed by atoms with Crippen molar-refractivity contribution < 1.29 is 18.3 Å². The molecule has 30 heavy (non-hydrogen) atoms. The molecule has 7 heteroatoms. The Bertz CT molecular complexity index is 785. The molecule has 2 saturated heterocycles. The SMILES string of the molecule is CN(C[C@H]1CC2(CCN(S(=O)(=O)Cc3ccccc3)CC2)CO1)C1CCC(O)CC1. The van der Waals surface area contributed by atoms with Gasteiger partial charge >= 0.3 is 0 Å². The summed E-state index contributed by atoms with van der Waals surface area (Å²) in [5, 5.41) is 9.73. The highest BCUT2D eigenvalue weighted by Gasteiger charge is 2.44. The number of hydrogen-bond acceptors (Lipinski definition) is 5. The largest absolute Gasteiger partial charge is 0.393 e. The van der Waals surface area contributed by atoms with Gasteiger partial charge in [-0.15, -0.1) is 0 Å². The zero-order chi connectivity index (χ0) is 21.2. The molecule has 0 aromatic heterocycles. The maximum Gasteiger partial charge on any atom is 0.218 e. The van der Waals surface area contributed by atoms with E-state index in [1.165, 1.54) is 0 Å². The quantitative estimate of drug-likeness (QED) is 0.742. The number of aliphatic hydroxyl groups excluding tert-OH is 1. The van der Waals surface area contributed by atoms with Crippen LogP contribution in [0.15, 0.2) is 30.3 Å². The van der Waals surface area contributed by atoms with E-state index in [4.69, 9.17) is 4.74 Å². The molecule has 3 aliphatic rings. The van der Waals surface area contributed by atoms with E-state index in [2.05, 4.69) is 11.9 Å². The zero-order valence-electron chi connectivity index (χ0n) is 18.1. The topological polar surface area (TPSA) is 70.1 Å². The van der Waals surface area contributed by atoms with Crippen molar-refractivity contribution in [2.45, 2.75) is 68.9 Å². The van der Waals surface area contributed by atoms with E-state index in [-0.39, 0.29) is 23.4 Å². The molecule has 6 nitrogen and oxygen atoms in total. The van der Waals surface area contributed by atoms with Gasteiger partial charge in [0, 0.05) is 25.7 Å². The number of benzene rings is 1. The highest BCUT2D eigenvalue weighted by molar-refractivity contribution is 7.88. The molecular formula is C23H36N2O4S. The molecule has 1 saturated carbocycles. The summed E-state index contributed by atoms with van der Waals surface area (Å²) in [6.07, 6.45) is 6.83. The Morgan fingerprint density at radius 2 is 1.80 bits per heavy atom. The molecule has 1 aromatic carbocycles. The van der Waals surface area contributed by atoms with Gasteiger partial charge in [-0.2, -0.15) is 0 Å². The summed E-state index contributed by atoms with van der Waals surface area (Å²) in [6, 6.07) is 9.98. The monoisotopic (exact) mass is 436 g/mol. The van der Waals surface area contributed by atoms with Gasteiger partial charge in [0.2, 0.25) is 10.0 Å². The fraction of sp³-hybridized carbons (Fsp3) is 0.739. The van der Waals surface area contributed by atoms with Crippen LogP contribution >= 0.6 is 0 Å². The van der Waals surface area contributed by atoms with Crippen LogP contribution in [0.25, 0.3) is 0 Å². The highest BCUT2D eigenvalue weighted by atomic mass is 32.2. The summed E-state index contributed by atoms with van der Waals surface area (Å²) in [5.74, 6) is 0.0842. The van der Waals surface area contributed by atoms with Crippen LogP contribution in [0.5, 0.6) is 0 Å². The second-order valence-electron chi connectivity index (χ2n) is 9.68. The van der Waals surface area contributed by atoms with Crippen molar-refractivity contribution in [2.75, 3.05) is 33.3 Å². The van der Waals surface area contributed by atoms with E-state index < -0.39 is 10.0 Å². The molecule has 1 atom stereocenters. The lowest BCUT2D eigenvalue weighted by Gasteiger charge is -2.38. The molecule has 2 heterocycles. The predicted molar refractivity (Wildman–Crippen MR) is 118 cm³/mol. The fourth-order valence-corrected chi connectivity index (χ4v) is 6.98. The van der Waals surface area contributed by atoms with Crippen LogP contribution in [0.2, 0.25) is 0 Å². The molecule has 0 bridgehead atoms. The van der Waals surface area contributed by atoms with Crippen LogP contribution in [-0.2, 0) is 20.5 Å². The highest BCUT2D eigenvalue weighted by Crippen LogP contribution is 2.43. The molecular weight excluding hydrogens is 400 g/mol. The first-order chi connectivity index (χ1) is 14.4. The minimum absolute atomic E-state index is 0.0842. The van der Waals surface area contributed by atoms with Gasteiger partial charge in [0.25, 0.3) is 0 Å². The molecule has 0 amide bonds. The molecule has 0 unspecified atom stereocenters. The Kier molecular flexibility index (Phi) is 6.85. The molecule has 3 fully saturated rings. The van der Waals surface area contributed by atoms with Gasteiger partial charge in [-0.3, -0.25) is 0 Å². The number of nitrogens with zero attached hydrogens (tertiary/aromatic N) is 2. The van der Waals surface area contributed by atoms with Gasteiger partial charge in [-0.05, 0) is 63.0 Å². The number of piperidine rings is 1. The first-order valence-electron chi connectivity index (χ1n) is 11.4. The number of rotatable bonds is 6. The van der Waals surface area contributed by atoms with Crippen molar-refractivity contribution in [1.29, 1.82) is 0 Å². The van der Waals surface area contributed by atoms with Gasteiger partial charge in [0.1, 0.15) is 0 Å². The fourth-order valence-electron chi connectivity index (χ4n) is 5.45. The van der Waals surface area contributed by atoms with Crippen LogP contribution in [0.1, 0.15) is 50.5 Å². The number of hydrogen-bond donors (Lipinski definition) is 1. The van der Waals surface area contributed by atoms with Gasteiger partial charge < -0.3 is 14.7 Å². The Balaban J connectivity index is 1.26. The van der Waals surface area contributed by atoms with E-state index in [0.29, 0.717) is 19.1 Å². The van der Waals surface area contributed by atoms with Crippen molar-refractivity contribution in [3.8, 4) is 0 Å². The third-order valence-electron chi connectivity index (χ3n) is 7.44. The Hall–Kier alpha value is -0.990. The minimum atomic E-state index is -3.27. The van der Waals surface area contributed by atoms with Gasteiger partial charge in [0.05, 0.1) is 24.6 Å².